The summed E-state index contributed by atoms with van der Waals surface area (Å²) in [6.07, 6.45) is 2.61. The molecule has 2 aliphatic heterocycles. The summed E-state index contributed by atoms with van der Waals surface area (Å²) in [6.45, 7) is 3.67. The Morgan fingerprint density at radius 3 is 2.64 bits per heavy atom. The van der Waals surface area contributed by atoms with Crippen LogP contribution in [0.3, 0.4) is 0 Å². The van der Waals surface area contributed by atoms with E-state index in [0.717, 1.165) is 42.5 Å². The summed E-state index contributed by atoms with van der Waals surface area (Å²) in [4.78, 5) is 20.0. The lowest BCUT2D eigenvalue weighted by Crippen LogP contribution is -2.43. The van der Waals surface area contributed by atoms with Gasteiger partial charge in [0.15, 0.2) is 0 Å². The van der Waals surface area contributed by atoms with Gasteiger partial charge in [-0.15, -0.1) is 0 Å². The van der Waals surface area contributed by atoms with Crippen LogP contribution < -0.4 is 10.2 Å². The van der Waals surface area contributed by atoms with Gasteiger partial charge in [-0.3, -0.25) is 4.79 Å². The zero-order valence-electron chi connectivity index (χ0n) is 20.3. The molecule has 0 aliphatic carbocycles. The Labute approximate surface area is 212 Å². The molecule has 3 aromatic rings. The van der Waals surface area contributed by atoms with E-state index in [4.69, 9.17) is 9.72 Å². The van der Waals surface area contributed by atoms with Crippen LogP contribution in [0.5, 0.6) is 0 Å². The number of amides is 1. The SMILES string of the molecule is O=C(NCCc1ccccc1)[C@H]1CCCN(c2ccc3cc(S(=O)(=O)N4CCOCC4)ccc3n2)C1. The Balaban J connectivity index is 1.24. The molecule has 0 unspecified atom stereocenters. The molecule has 1 amide bonds. The van der Waals surface area contributed by atoms with Crippen molar-refractivity contribution in [2.45, 2.75) is 24.2 Å². The van der Waals surface area contributed by atoms with Gasteiger partial charge in [-0.2, -0.15) is 4.31 Å². The van der Waals surface area contributed by atoms with E-state index >= 15 is 0 Å². The number of benzene rings is 2. The van der Waals surface area contributed by atoms with Gasteiger partial charge in [-0.1, -0.05) is 30.3 Å². The number of fused-ring (bicyclic) bond motifs is 1. The highest BCUT2D eigenvalue weighted by atomic mass is 32.2. The number of ether oxygens (including phenoxy) is 1. The van der Waals surface area contributed by atoms with E-state index in [1.165, 1.54) is 9.87 Å². The number of sulfonamides is 1. The molecule has 1 N–H and O–H groups in total. The maximum absolute atomic E-state index is 13.0. The highest BCUT2D eigenvalue weighted by molar-refractivity contribution is 7.89. The molecule has 1 atom stereocenters. The van der Waals surface area contributed by atoms with Crippen molar-refractivity contribution in [2.24, 2.45) is 5.92 Å². The second kappa shape index (κ2) is 10.9. The number of nitrogens with zero attached hydrogens (tertiary/aromatic N) is 3. The number of aromatic nitrogens is 1. The van der Waals surface area contributed by atoms with E-state index in [9.17, 15) is 13.2 Å². The second-order valence-electron chi connectivity index (χ2n) is 9.35. The third-order valence-corrected chi connectivity index (χ3v) is 8.82. The Bertz CT molecular complexity index is 1310. The van der Waals surface area contributed by atoms with Crippen LogP contribution in [0, 0.1) is 5.92 Å². The lowest BCUT2D eigenvalue weighted by atomic mass is 9.97. The van der Waals surface area contributed by atoms with Crippen molar-refractivity contribution in [2.75, 3.05) is 50.8 Å². The summed E-state index contributed by atoms with van der Waals surface area (Å²) in [5, 5.41) is 3.87. The predicted molar refractivity (Wildman–Crippen MR) is 139 cm³/mol. The van der Waals surface area contributed by atoms with Gasteiger partial charge in [-0.05, 0) is 55.2 Å². The first kappa shape index (κ1) is 24.7. The molecular formula is C27H32N4O4S. The summed E-state index contributed by atoms with van der Waals surface area (Å²) >= 11 is 0. The van der Waals surface area contributed by atoms with Crippen LogP contribution in [0.4, 0.5) is 5.82 Å². The molecule has 3 heterocycles. The maximum Gasteiger partial charge on any atom is 0.243 e. The number of carbonyl (C=O) groups is 1. The fraction of sp³-hybridized carbons (Fsp3) is 0.407. The van der Waals surface area contributed by atoms with Crippen molar-refractivity contribution in [1.82, 2.24) is 14.6 Å². The van der Waals surface area contributed by atoms with Crippen molar-refractivity contribution in [3.63, 3.8) is 0 Å². The van der Waals surface area contributed by atoms with Crippen LogP contribution in [-0.2, 0) is 26.0 Å². The monoisotopic (exact) mass is 508 g/mol. The third-order valence-electron chi connectivity index (χ3n) is 6.93. The number of pyridine rings is 1. The van der Waals surface area contributed by atoms with E-state index in [1.54, 1.807) is 18.2 Å². The Morgan fingerprint density at radius 1 is 1.03 bits per heavy atom. The smallest absolute Gasteiger partial charge is 0.243 e. The first-order chi connectivity index (χ1) is 17.5. The number of morpholine rings is 1. The number of hydrogen-bond donors (Lipinski definition) is 1. The summed E-state index contributed by atoms with van der Waals surface area (Å²) in [5.41, 5.74) is 1.95. The molecular weight excluding hydrogens is 476 g/mol. The van der Waals surface area contributed by atoms with Gasteiger partial charge < -0.3 is 15.0 Å². The molecule has 5 rings (SSSR count). The number of anilines is 1. The van der Waals surface area contributed by atoms with E-state index < -0.39 is 10.0 Å². The number of rotatable bonds is 7. The van der Waals surface area contributed by atoms with Crippen LogP contribution in [0.25, 0.3) is 10.9 Å². The van der Waals surface area contributed by atoms with Gasteiger partial charge in [0.25, 0.3) is 0 Å². The van der Waals surface area contributed by atoms with Gasteiger partial charge in [0.05, 0.1) is 29.5 Å². The molecule has 190 valence electrons. The van der Waals surface area contributed by atoms with Gasteiger partial charge in [0.2, 0.25) is 15.9 Å². The lowest BCUT2D eigenvalue weighted by molar-refractivity contribution is -0.125. The molecule has 0 spiro atoms. The van der Waals surface area contributed by atoms with Crippen LogP contribution in [-0.4, -0.2) is 69.6 Å². The van der Waals surface area contributed by atoms with Crippen molar-refractivity contribution in [3.05, 3.63) is 66.2 Å². The average Bonchev–Trinajstić information content (AvgIpc) is 2.93. The first-order valence-corrected chi connectivity index (χ1v) is 14.0. The molecule has 8 nitrogen and oxygen atoms in total. The fourth-order valence-corrected chi connectivity index (χ4v) is 6.33. The predicted octanol–water partition coefficient (Wildman–Crippen LogP) is 2.83. The zero-order valence-corrected chi connectivity index (χ0v) is 21.1. The number of nitrogens with one attached hydrogen (secondary N) is 1. The van der Waals surface area contributed by atoms with Crippen molar-refractivity contribution in [3.8, 4) is 0 Å². The summed E-state index contributed by atoms with van der Waals surface area (Å²) < 4.78 is 32.8. The number of piperidine rings is 1. The fourth-order valence-electron chi connectivity index (χ4n) is 4.88. The Hall–Kier alpha value is -3.01. The van der Waals surface area contributed by atoms with Gasteiger partial charge in [0.1, 0.15) is 5.82 Å². The van der Waals surface area contributed by atoms with Gasteiger partial charge >= 0.3 is 0 Å². The van der Waals surface area contributed by atoms with E-state index in [1.807, 2.05) is 30.3 Å². The van der Waals surface area contributed by atoms with Crippen LogP contribution in [0.2, 0.25) is 0 Å². The number of carbonyl (C=O) groups excluding carboxylic acids is 1. The van der Waals surface area contributed by atoms with Crippen LogP contribution in [0.1, 0.15) is 18.4 Å². The minimum atomic E-state index is -3.56. The Morgan fingerprint density at radius 2 is 1.83 bits per heavy atom. The van der Waals surface area contributed by atoms with Crippen molar-refractivity contribution in [1.29, 1.82) is 0 Å². The summed E-state index contributed by atoms with van der Waals surface area (Å²) in [6, 6.07) is 19.1. The van der Waals surface area contributed by atoms with Crippen molar-refractivity contribution < 1.29 is 17.9 Å². The molecule has 36 heavy (non-hydrogen) atoms. The maximum atomic E-state index is 13.0. The van der Waals surface area contributed by atoms with Gasteiger partial charge in [0, 0.05) is 38.1 Å². The molecule has 9 heteroatoms. The van der Waals surface area contributed by atoms with Gasteiger partial charge in [-0.25, -0.2) is 13.4 Å². The normalized spacial score (nSPS) is 19.3. The highest BCUT2D eigenvalue weighted by Crippen LogP contribution is 2.26. The minimum absolute atomic E-state index is 0.0759. The molecule has 0 bridgehead atoms. The van der Waals surface area contributed by atoms with Crippen molar-refractivity contribution >= 4 is 32.7 Å². The topological polar surface area (TPSA) is 91.8 Å². The molecule has 2 aromatic carbocycles. The van der Waals surface area contributed by atoms with E-state index in [0.29, 0.717) is 39.4 Å². The minimum Gasteiger partial charge on any atom is -0.379 e. The summed E-state index contributed by atoms with van der Waals surface area (Å²) in [5.74, 6) is 0.829. The second-order valence-corrected chi connectivity index (χ2v) is 11.3. The van der Waals surface area contributed by atoms with E-state index in [2.05, 4.69) is 22.3 Å². The Kier molecular flexibility index (Phi) is 7.50. The standard InChI is InChI=1S/C27H32N4O4S/c32-27(28-13-12-21-5-2-1-3-6-21)23-7-4-14-30(20-23)26-11-8-22-19-24(9-10-25(22)29-26)36(33,34)31-15-17-35-18-16-31/h1-3,5-6,8-11,19,23H,4,7,12-18,20H2,(H,28,32)/t23-/m0/s1. The molecule has 0 radical (unpaired) electrons. The molecule has 0 saturated carbocycles. The number of hydrogen-bond acceptors (Lipinski definition) is 6. The first-order valence-electron chi connectivity index (χ1n) is 12.6. The van der Waals surface area contributed by atoms with E-state index in [-0.39, 0.29) is 16.7 Å². The van der Waals surface area contributed by atoms with Crippen LogP contribution >= 0.6 is 0 Å². The lowest BCUT2D eigenvalue weighted by Gasteiger charge is -2.33. The van der Waals surface area contributed by atoms with Crippen LogP contribution in [0.15, 0.2) is 65.6 Å². The average molecular weight is 509 g/mol. The molecule has 2 saturated heterocycles. The molecule has 2 aliphatic rings. The zero-order chi connectivity index (χ0) is 25.0. The summed E-state index contributed by atoms with van der Waals surface area (Å²) in [7, 11) is -3.56. The molecule has 2 fully saturated rings. The third kappa shape index (κ3) is 5.53. The highest BCUT2D eigenvalue weighted by Gasteiger charge is 2.28. The molecule has 1 aromatic heterocycles. The largest absolute Gasteiger partial charge is 0.379 e. The quantitative estimate of drug-likeness (QED) is 0.528.